The van der Waals surface area contributed by atoms with E-state index >= 15 is 0 Å². The maximum atomic E-state index is 12.8. The van der Waals surface area contributed by atoms with Crippen molar-refractivity contribution in [3.05, 3.63) is 59.9 Å². The average Bonchev–Trinajstić information content (AvgIpc) is 3.15. The first-order valence-corrected chi connectivity index (χ1v) is 7.94. The first kappa shape index (κ1) is 15.3. The Morgan fingerprint density at radius 1 is 1.00 bits per heavy atom. The fourth-order valence-electron chi connectivity index (χ4n) is 2.80. The van der Waals surface area contributed by atoms with Gasteiger partial charge in [0.1, 0.15) is 5.69 Å². The topological polar surface area (TPSA) is 62.4 Å². The van der Waals surface area contributed by atoms with Gasteiger partial charge < -0.3 is 14.6 Å². The van der Waals surface area contributed by atoms with Gasteiger partial charge in [0.15, 0.2) is 0 Å². The highest BCUT2D eigenvalue weighted by molar-refractivity contribution is 5.91. The molecule has 1 aliphatic rings. The zero-order valence-corrected chi connectivity index (χ0v) is 12.9. The molecule has 1 amide bonds. The largest absolute Gasteiger partial charge is 0.443 e. The summed E-state index contributed by atoms with van der Waals surface area (Å²) in [5.74, 6) is -0.662. The van der Waals surface area contributed by atoms with E-state index in [-0.39, 0.29) is 5.91 Å². The van der Waals surface area contributed by atoms with E-state index in [9.17, 15) is 9.59 Å². The number of aromatic amines is 1. The minimum Gasteiger partial charge on any atom is -0.443 e. The molecule has 0 radical (unpaired) electrons. The molecule has 0 saturated carbocycles. The number of hydrogen-bond donors (Lipinski definition) is 1. The number of nitrogens with zero attached hydrogens (tertiary/aromatic N) is 1. The normalized spacial score (nSPS) is 15.9. The van der Waals surface area contributed by atoms with Gasteiger partial charge in [-0.15, -0.1) is 0 Å². The standard InChI is InChI=1S/C18H20N2O3/c21-17(20-12-5-2-6-13-20)16(14-8-3-1-4-9-14)23-18(22)15-10-7-11-19-15/h1,3-4,7-11,16,19H,2,5-6,12-13H2/t16-/m1/s1. The lowest BCUT2D eigenvalue weighted by Crippen LogP contribution is -2.40. The third kappa shape index (κ3) is 3.62. The van der Waals surface area contributed by atoms with Crippen LogP contribution in [0.3, 0.4) is 0 Å². The van der Waals surface area contributed by atoms with Gasteiger partial charge in [0.2, 0.25) is 6.10 Å². The molecule has 5 heteroatoms. The van der Waals surface area contributed by atoms with Crippen LogP contribution in [0.25, 0.3) is 0 Å². The molecule has 2 aromatic rings. The summed E-state index contributed by atoms with van der Waals surface area (Å²) in [7, 11) is 0. The number of esters is 1. The number of nitrogens with one attached hydrogen (secondary N) is 1. The average molecular weight is 312 g/mol. The van der Waals surface area contributed by atoms with Crippen LogP contribution in [-0.2, 0) is 9.53 Å². The van der Waals surface area contributed by atoms with Crippen molar-refractivity contribution in [2.24, 2.45) is 0 Å². The molecule has 1 N–H and O–H groups in total. The van der Waals surface area contributed by atoms with Crippen molar-refractivity contribution in [2.45, 2.75) is 25.4 Å². The molecule has 2 heterocycles. The summed E-state index contributed by atoms with van der Waals surface area (Å²) in [6.07, 6.45) is 3.89. The summed E-state index contributed by atoms with van der Waals surface area (Å²) in [5, 5.41) is 0. The molecule has 0 unspecified atom stereocenters. The minimum absolute atomic E-state index is 0.143. The summed E-state index contributed by atoms with van der Waals surface area (Å²) in [6.45, 7) is 1.45. The second kappa shape index (κ2) is 7.13. The molecule has 1 aromatic carbocycles. The molecule has 1 aliphatic heterocycles. The number of carbonyl (C=O) groups excluding carboxylic acids is 2. The molecule has 3 rings (SSSR count). The number of carbonyl (C=O) groups is 2. The van der Waals surface area contributed by atoms with Gasteiger partial charge >= 0.3 is 5.97 Å². The quantitative estimate of drug-likeness (QED) is 0.883. The molecular formula is C18H20N2O3. The van der Waals surface area contributed by atoms with Gasteiger partial charge in [0, 0.05) is 24.8 Å². The molecule has 1 atom stereocenters. The van der Waals surface area contributed by atoms with Crippen molar-refractivity contribution >= 4 is 11.9 Å². The Morgan fingerprint density at radius 3 is 2.39 bits per heavy atom. The highest BCUT2D eigenvalue weighted by Crippen LogP contribution is 2.23. The fraction of sp³-hybridized carbons (Fsp3) is 0.333. The van der Waals surface area contributed by atoms with Crippen molar-refractivity contribution in [3.63, 3.8) is 0 Å². The Labute approximate surface area is 135 Å². The molecule has 120 valence electrons. The molecule has 23 heavy (non-hydrogen) atoms. The Kier molecular flexibility index (Phi) is 4.76. The van der Waals surface area contributed by atoms with E-state index in [0.29, 0.717) is 11.3 Å². The van der Waals surface area contributed by atoms with Crippen LogP contribution in [0.5, 0.6) is 0 Å². The Balaban J connectivity index is 1.81. The molecule has 5 nitrogen and oxygen atoms in total. The Bertz CT molecular complexity index is 646. The summed E-state index contributed by atoms with van der Waals surface area (Å²) in [5.41, 5.74) is 1.04. The van der Waals surface area contributed by atoms with E-state index < -0.39 is 12.1 Å². The van der Waals surface area contributed by atoms with Crippen molar-refractivity contribution in [2.75, 3.05) is 13.1 Å². The molecule has 1 saturated heterocycles. The second-order valence-corrected chi connectivity index (χ2v) is 5.67. The zero-order valence-electron chi connectivity index (χ0n) is 12.9. The van der Waals surface area contributed by atoms with Crippen molar-refractivity contribution in [1.29, 1.82) is 0 Å². The number of benzene rings is 1. The molecule has 1 fully saturated rings. The van der Waals surface area contributed by atoms with Gasteiger partial charge in [-0.25, -0.2) is 4.79 Å². The van der Waals surface area contributed by atoms with Crippen LogP contribution in [0.2, 0.25) is 0 Å². The maximum Gasteiger partial charge on any atom is 0.355 e. The summed E-state index contributed by atoms with van der Waals surface area (Å²) < 4.78 is 5.53. The van der Waals surface area contributed by atoms with Crippen LogP contribution in [-0.4, -0.2) is 34.8 Å². The summed E-state index contributed by atoms with van der Waals surface area (Å²) >= 11 is 0. The summed E-state index contributed by atoms with van der Waals surface area (Å²) in [6, 6.07) is 12.5. The zero-order chi connectivity index (χ0) is 16.1. The lowest BCUT2D eigenvalue weighted by Gasteiger charge is -2.30. The number of hydrogen-bond acceptors (Lipinski definition) is 3. The van der Waals surface area contributed by atoms with Gasteiger partial charge in [-0.2, -0.15) is 0 Å². The maximum absolute atomic E-state index is 12.8. The van der Waals surface area contributed by atoms with Gasteiger partial charge in [0.25, 0.3) is 5.91 Å². The number of likely N-dealkylation sites (tertiary alicyclic amines) is 1. The van der Waals surface area contributed by atoms with Gasteiger partial charge in [0.05, 0.1) is 0 Å². The van der Waals surface area contributed by atoms with Crippen LogP contribution < -0.4 is 0 Å². The van der Waals surface area contributed by atoms with Gasteiger partial charge in [-0.3, -0.25) is 4.79 Å². The van der Waals surface area contributed by atoms with Crippen LogP contribution >= 0.6 is 0 Å². The number of piperidine rings is 1. The number of amides is 1. The smallest absolute Gasteiger partial charge is 0.355 e. The molecule has 1 aromatic heterocycles. The lowest BCUT2D eigenvalue weighted by molar-refractivity contribution is -0.142. The number of rotatable bonds is 4. The van der Waals surface area contributed by atoms with Crippen molar-refractivity contribution < 1.29 is 14.3 Å². The molecule has 0 aliphatic carbocycles. The van der Waals surface area contributed by atoms with E-state index in [1.165, 1.54) is 0 Å². The van der Waals surface area contributed by atoms with Crippen molar-refractivity contribution in [3.8, 4) is 0 Å². The Hall–Kier alpha value is -2.56. The predicted octanol–water partition coefficient (Wildman–Crippen LogP) is 2.93. The summed E-state index contributed by atoms with van der Waals surface area (Å²) in [4.78, 5) is 29.7. The first-order chi connectivity index (χ1) is 11.3. The van der Waals surface area contributed by atoms with Crippen LogP contribution in [0.4, 0.5) is 0 Å². The van der Waals surface area contributed by atoms with Gasteiger partial charge in [-0.05, 0) is 31.4 Å². The van der Waals surface area contributed by atoms with Crippen LogP contribution in [0.1, 0.15) is 41.4 Å². The van der Waals surface area contributed by atoms with E-state index in [1.54, 1.807) is 23.2 Å². The highest BCUT2D eigenvalue weighted by atomic mass is 16.5. The van der Waals surface area contributed by atoms with Crippen molar-refractivity contribution in [1.82, 2.24) is 9.88 Å². The minimum atomic E-state index is -0.898. The fourth-order valence-corrected chi connectivity index (χ4v) is 2.80. The van der Waals surface area contributed by atoms with Crippen LogP contribution in [0, 0.1) is 0 Å². The van der Waals surface area contributed by atoms with Crippen LogP contribution in [0.15, 0.2) is 48.7 Å². The van der Waals surface area contributed by atoms with E-state index in [4.69, 9.17) is 4.74 Å². The molecular weight excluding hydrogens is 292 g/mol. The number of H-pyrrole nitrogens is 1. The second-order valence-electron chi connectivity index (χ2n) is 5.67. The molecule has 0 spiro atoms. The number of aromatic nitrogens is 1. The van der Waals surface area contributed by atoms with E-state index in [0.717, 1.165) is 32.4 Å². The lowest BCUT2D eigenvalue weighted by atomic mass is 10.1. The third-order valence-corrected chi connectivity index (χ3v) is 4.04. The van der Waals surface area contributed by atoms with E-state index in [2.05, 4.69) is 4.98 Å². The monoisotopic (exact) mass is 312 g/mol. The first-order valence-electron chi connectivity index (χ1n) is 7.94. The van der Waals surface area contributed by atoms with Gasteiger partial charge in [-0.1, -0.05) is 30.3 Å². The molecule has 0 bridgehead atoms. The number of ether oxygens (including phenoxy) is 1. The predicted molar refractivity (Wildman–Crippen MR) is 85.8 cm³/mol. The highest BCUT2D eigenvalue weighted by Gasteiger charge is 2.30. The Morgan fingerprint density at radius 2 is 1.74 bits per heavy atom. The van der Waals surface area contributed by atoms with E-state index in [1.807, 2.05) is 30.3 Å². The SMILES string of the molecule is O=C(O[C@@H](C(=O)N1CCCCC1)c1ccccc1)c1ccc[nH]1. The third-order valence-electron chi connectivity index (χ3n) is 4.04.